The van der Waals surface area contributed by atoms with Gasteiger partial charge in [-0.05, 0) is 23.1 Å². The molecule has 3 aromatic rings. The molecule has 0 saturated carbocycles. The van der Waals surface area contributed by atoms with Gasteiger partial charge in [0.15, 0.2) is 0 Å². The summed E-state index contributed by atoms with van der Waals surface area (Å²) >= 11 is 0. The van der Waals surface area contributed by atoms with E-state index in [1.165, 1.54) is 0 Å². The Hall–Kier alpha value is -2.91. The summed E-state index contributed by atoms with van der Waals surface area (Å²) < 4.78 is 0. The molecule has 3 nitrogen and oxygen atoms in total. The van der Waals surface area contributed by atoms with Crippen LogP contribution in [0.1, 0.15) is 22.6 Å². The molecule has 3 heteroatoms. The first kappa shape index (κ1) is 17.9. The van der Waals surface area contributed by atoms with Gasteiger partial charge in [-0.25, -0.2) is 0 Å². The van der Waals surface area contributed by atoms with Crippen molar-refractivity contribution in [3.05, 3.63) is 108 Å². The molecule has 3 rings (SSSR count). The average Bonchev–Trinajstić information content (AvgIpc) is 2.70. The zero-order chi connectivity index (χ0) is 18.2. The first-order valence-corrected chi connectivity index (χ1v) is 8.83. The first-order chi connectivity index (χ1) is 12.8. The number of carbonyl (C=O) groups is 1. The molecule has 2 N–H and O–H groups in total. The van der Waals surface area contributed by atoms with Crippen LogP contribution in [0.3, 0.4) is 0 Å². The minimum absolute atomic E-state index is 0.0996. The van der Waals surface area contributed by atoms with Crippen molar-refractivity contribution in [1.82, 2.24) is 5.32 Å². The van der Waals surface area contributed by atoms with Gasteiger partial charge >= 0.3 is 0 Å². The molecular weight excluding hydrogens is 322 g/mol. The summed E-state index contributed by atoms with van der Waals surface area (Å²) in [4.78, 5) is 13.1. The normalized spacial score (nSPS) is 11.9. The van der Waals surface area contributed by atoms with Crippen molar-refractivity contribution >= 4 is 5.91 Å². The maximum absolute atomic E-state index is 13.1. The van der Waals surface area contributed by atoms with Gasteiger partial charge in [-0.2, -0.15) is 0 Å². The standard InChI is InChI=1S/C23H23NO2/c25-17-21(16-18-10-4-1-5-11-18)24-23(26)22(19-12-6-2-7-13-19)20-14-8-3-9-15-20/h1-15,21-22,25H,16-17H2,(H,24,26)/t21-/m0/s1. The van der Waals surface area contributed by atoms with Gasteiger partial charge in [0.2, 0.25) is 5.91 Å². The molecule has 0 spiro atoms. The van der Waals surface area contributed by atoms with Gasteiger partial charge < -0.3 is 10.4 Å². The lowest BCUT2D eigenvalue weighted by atomic mass is 9.90. The third-order valence-corrected chi connectivity index (χ3v) is 4.42. The van der Waals surface area contributed by atoms with Gasteiger partial charge in [0.25, 0.3) is 0 Å². The number of aliphatic hydroxyl groups is 1. The molecule has 0 radical (unpaired) electrons. The molecule has 3 aromatic carbocycles. The predicted octanol–water partition coefficient (Wildman–Crippen LogP) is 3.54. The van der Waals surface area contributed by atoms with Crippen molar-refractivity contribution in [2.24, 2.45) is 0 Å². The molecule has 0 unspecified atom stereocenters. The van der Waals surface area contributed by atoms with E-state index in [1.54, 1.807) is 0 Å². The lowest BCUT2D eigenvalue weighted by molar-refractivity contribution is -0.122. The number of hydrogen-bond donors (Lipinski definition) is 2. The number of amides is 1. The van der Waals surface area contributed by atoms with Crippen LogP contribution in [0.5, 0.6) is 0 Å². The molecule has 0 saturated heterocycles. The molecule has 1 atom stereocenters. The molecule has 0 heterocycles. The van der Waals surface area contributed by atoms with Gasteiger partial charge in [0.1, 0.15) is 0 Å². The summed E-state index contributed by atoms with van der Waals surface area (Å²) in [6.45, 7) is -0.100. The highest BCUT2D eigenvalue weighted by atomic mass is 16.3. The van der Waals surface area contributed by atoms with E-state index in [-0.39, 0.29) is 18.6 Å². The fourth-order valence-electron chi connectivity index (χ4n) is 3.13. The van der Waals surface area contributed by atoms with Crippen LogP contribution in [0.2, 0.25) is 0 Å². The quantitative estimate of drug-likeness (QED) is 0.688. The van der Waals surface area contributed by atoms with Crippen LogP contribution < -0.4 is 5.32 Å². The SMILES string of the molecule is O=C(N[C@H](CO)Cc1ccccc1)C(c1ccccc1)c1ccccc1. The van der Waals surface area contributed by atoms with Crippen LogP contribution in [0.25, 0.3) is 0 Å². The number of nitrogens with one attached hydrogen (secondary N) is 1. The molecule has 132 valence electrons. The Bertz CT molecular complexity index is 764. The second-order valence-corrected chi connectivity index (χ2v) is 6.33. The van der Waals surface area contributed by atoms with Gasteiger partial charge in [-0.15, -0.1) is 0 Å². The molecule has 0 aliphatic carbocycles. The highest BCUT2D eigenvalue weighted by molar-refractivity contribution is 5.87. The molecule has 26 heavy (non-hydrogen) atoms. The Morgan fingerprint density at radius 2 is 1.23 bits per heavy atom. The summed E-state index contributed by atoms with van der Waals surface area (Å²) in [5.74, 6) is -0.500. The summed E-state index contributed by atoms with van der Waals surface area (Å²) in [5, 5.41) is 12.8. The van der Waals surface area contributed by atoms with Crippen LogP contribution in [-0.2, 0) is 11.2 Å². The minimum atomic E-state index is -0.401. The van der Waals surface area contributed by atoms with Crippen LogP contribution in [0, 0.1) is 0 Å². The molecule has 1 amide bonds. The fourth-order valence-corrected chi connectivity index (χ4v) is 3.13. The second-order valence-electron chi connectivity index (χ2n) is 6.33. The minimum Gasteiger partial charge on any atom is -0.394 e. The Balaban J connectivity index is 1.81. The number of benzene rings is 3. The summed E-state index contributed by atoms with van der Waals surface area (Å²) in [6.07, 6.45) is 0.597. The molecular formula is C23H23NO2. The summed E-state index contributed by atoms with van der Waals surface area (Å²) in [6, 6.07) is 29.0. The second kappa shape index (κ2) is 8.97. The van der Waals surface area contributed by atoms with E-state index < -0.39 is 5.92 Å². The highest BCUT2D eigenvalue weighted by Crippen LogP contribution is 2.25. The van der Waals surface area contributed by atoms with Crippen LogP contribution in [0.15, 0.2) is 91.0 Å². The van der Waals surface area contributed by atoms with E-state index in [2.05, 4.69) is 5.32 Å². The van der Waals surface area contributed by atoms with E-state index in [1.807, 2.05) is 91.0 Å². The maximum Gasteiger partial charge on any atom is 0.232 e. The molecule has 0 fully saturated rings. The summed E-state index contributed by atoms with van der Waals surface area (Å²) in [5.41, 5.74) is 2.96. The van der Waals surface area contributed by atoms with E-state index in [0.717, 1.165) is 16.7 Å². The molecule has 0 aliphatic heterocycles. The van der Waals surface area contributed by atoms with Crippen molar-refractivity contribution in [2.45, 2.75) is 18.4 Å². The number of rotatable bonds is 7. The van der Waals surface area contributed by atoms with Gasteiger partial charge in [0.05, 0.1) is 18.6 Å². The van der Waals surface area contributed by atoms with Crippen molar-refractivity contribution in [2.75, 3.05) is 6.61 Å². The van der Waals surface area contributed by atoms with E-state index in [4.69, 9.17) is 0 Å². The third kappa shape index (κ3) is 4.58. The smallest absolute Gasteiger partial charge is 0.232 e. The van der Waals surface area contributed by atoms with E-state index >= 15 is 0 Å². The van der Waals surface area contributed by atoms with Crippen molar-refractivity contribution in [3.63, 3.8) is 0 Å². The van der Waals surface area contributed by atoms with Crippen molar-refractivity contribution in [3.8, 4) is 0 Å². The monoisotopic (exact) mass is 345 g/mol. The number of carbonyl (C=O) groups excluding carboxylic acids is 1. The van der Waals surface area contributed by atoms with Gasteiger partial charge in [0, 0.05) is 0 Å². The highest BCUT2D eigenvalue weighted by Gasteiger charge is 2.24. The lowest BCUT2D eigenvalue weighted by Crippen LogP contribution is -2.41. The Kier molecular flexibility index (Phi) is 6.18. The number of hydrogen-bond acceptors (Lipinski definition) is 2. The zero-order valence-electron chi connectivity index (χ0n) is 14.6. The molecule has 0 bridgehead atoms. The predicted molar refractivity (Wildman–Crippen MR) is 104 cm³/mol. The molecule has 0 aliphatic rings. The maximum atomic E-state index is 13.1. The van der Waals surface area contributed by atoms with Gasteiger partial charge in [-0.1, -0.05) is 91.0 Å². The van der Waals surface area contributed by atoms with Crippen molar-refractivity contribution < 1.29 is 9.90 Å². The van der Waals surface area contributed by atoms with Crippen molar-refractivity contribution in [1.29, 1.82) is 0 Å². The summed E-state index contributed by atoms with van der Waals surface area (Å²) in [7, 11) is 0. The van der Waals surface area contributed by atoms with E-state index in [0.29, 0.717) is 6.42 Å². The zero-order valence-corrected chi connectivity index (χ0v) is 14.6. The Labute approximate surface area is 154 Å². The fraction of sp³-hybridized carbons (Fsp3) is 0.174. The average molecular weight is 345 g/mol. The van der Waals surface area contributed by atoms with Gasteiger partial charge in [-0.3, -0.25) is 4.79 Å². The Morgan fingerprint density at radius 1 is 0.769 bits per heavy atom. The third-order valence-electron chi connectivity index (χ3n) is 4.42. The van der Waals surface area contributed by atoms with Crippen LogP contribution >= 0.6 is 0 Å². The Morgan fingerprint density at radius 3 is 1.69 bits per heavy atom. The largest absolute Gasteiger partial charge is 0.394 e. The topological polar surface area (TPSA) is 49.3 Å². The lowest BCUT2D eigenvalue weighted by Gasteiger charge is -2.22. The van der Waals surface area contributed by atoms with Crippen LogP contribution in [-0.4, -0.2) is 23.7 Å². The molecule has 0 aromatic heterocycles. The van der Waals surface area contributed by atoms with Crippen LogP contribution in [0.4, 0.5) is 0 Å². The van der Waals surface area contributed by atoms with E-state index in [9.17, 15) is 9.90 Å². The number of aliphatic hydroxyl groups excluding tert-OH is 1. The first-order valence-electron chi connectivity index (χ1n) is 8.83.